The van der Waals surface area contributed by atoms with E-state index in [-0.39, 0.29) is 11.5 Å². The number of aromatic amines is 1. The van der Waals surface area contributed by atoms with E-state index in [2.05, 4.69) is 11.1 Å². The molecule has 2 aromatic carbocycles. The second-order valence-corrected chi connectivity index (χ2v) is 6.94. The number of H-pyrrole nitrogens is 1. The summed E-state index contributed by atoms with van der Waals surface area (Å²) in [6.07, 6.45) is 2.80. The van der Waals surface area contributed by atoms with Crippen molar-refractivity contribution in [1.29, 1.82) is 0 Å². The first-order valence-corrected chi connectivity index (χ1v) is 9.13. The molecule has 3 aromatic rings. The standard InChI is InChI=1S/C22H22N2O2/c1-15-6-4-8-17-14-18(22(26)23-21(15)17)11-12-20(25)24-13-5-9-16-7-2-3-10-19(16)24/h2-4,6-8,10,14H,5,9,11-13H2,1H3,(H,23,26). The molecule has 1 aliphatic heterocycles. The maximum atomic E-state index is 12.8. The normalized spacial score (nSPS) is 13.7. The predicted octanol–water partition coefficient (Wildman–Crippen LogP) is 3.75. The quantitative estimate of drug-likeness (QED) is 0.785. The Morgan fingerprint density at radius 3 is 2.88 bits per heavy atom. The van der Waals surface area contributed by atoms with Gasteiger partial charge in [0.15, 0.2) is 0 Å². The summed E-state index contributed by atoms with van der Waals surface area (Å²) < 4.78 is 0. The van der Waals surface area contributed by atoms with Crippen LogP contribution in [0.4, 0.5) is 5.69 Å². The van der Waals surface area contributed by atoms with Gasteiger partial charge in [0.25, 0.3) is 5.56 Å². The third-order valence-corrected chi connectivity index (χ3v) is 5.18. The SMILES string of the molecule is Cc1cccc2cc(CCC(=O)N3CCCc4ccccc43)c(=O)[nH]c12. The molecule has 0 bridgehead atoms. The minimum atomic E-state index is -0.0985. The highest BCUT2D eigenvalue weighted by atomic mass is 16.2. The van der Waals surface area contributed by atoms with Crippen LogP contribution < -0.4 is 10.5 Å². The summed E-state index contributed by atoms with van der Waals surface area (Å²) in [7, 11) is 0. The molecule has 1 amide bonds. The predicted molar refractivity (Wildman–Crippen MR) is 105 cm³/mol. The van der Waals surface area contributed by atoms with Gasteiger partial charge in [-0.25, -0.2) is 0 Å². The van der Waals surface area contributed by atoms with Crippen LogP contribution in [0.25, 0.3) is 10.9 Å². The first-order valence-electron chi connectivity index (χ1n) is 9.13. The molecule has 4 heteroatoms. The van der Waals surface area contributed by atoms with Crippen molar-refractivity contribution < 1.29 is 4.79 Å². The molecule has 26 heavy (non-hydrogen) atoms. The van der Waals surface area contributed by atoms with Crippen molar-refractivity contribution in [1.82, 2.24) is 4.98 Å². The number of fused-ring (bicyclic) bond motifs is 2. The number of pyridine rings is 1. The van der Waals surface area contributed by atoms with Gasteiger partial charge in [-0.05, 0) is 54.8 Å². The van der Waals surface area contributed by atoms with Crippen LogP contribution in [0.1, 0.15) is 29.5 Å². The van der Waals surface area contributed by atoms with Crippen molar-refractivity contribution in [3.63, 3.8) is 0 Å². The number of nitrogens with one attached hydrogen (secondary N) is 1. The highest BCUT2D eigenvalue weighted by Gasteiger charge is 2.22. The molecule has 0 fully saturated rings. The number of carbonyl (C=O) groups is 1. The first-order chi connectivity index (χ1) is 12.6. The van der Waals surface area contributed by atoms with Crippen molar-refractivity contribution in [2.75, 3.05) is 11.4 Å². The number of hydrogen-bond acceptors (Lipinski definition) is 2. The van der Waals surface area contributed by atoms with Gasteiger partial charge in [-0.2, -0.15) is 0 Å². The van der Waals surface area contributed by atoms with E-state index in [1.165, 1.54) is 5.56 Å². The van der Waals surface area contributed by atoms with Gasteiger partial charge in [0.05, 0.1) is 5.52 Å². The zero-order valence-corrected chi connectivity index (χ0v) is 14.9. The Bertz CT molecular complexity index is 1040. The zero-order chi connectivity index (χ0) is 18.1. The number of amides is 1. The molecule has 0 saturated heterocycles. The topological polar surface area (TPSA) is 53.2 Å². The molecule has 1 aromatic heterocycles. The van der Waals surface area contributed by atoms with Crippen LogP contribution in [0.3, 0.4) is 0 Å². The lowest BCUT2D eigenvalue weighted by Gasteiger charge is -2.29. The van der Waals surface area contributed by atoms with Crippen molar-refractivity contribution in [2.24, 2.45) is 0 Å². The highest BCUT2D eigenvalue weighted by Crippen LogP contribution is 2.27. The van der Waals surface area contributed by atoms with E-state index in [9.17, 15) is 9.59 Å². The van der Waals surface area contributed by atoms with E-state index in [1.807, 2.05) is 54.3 Å². The largest absolute Gasteiger partial charge is 0.321 e. The van der Waals surface area contributed by atoms with Gasteiger partial charge in [0.1, 0.15) is 0 Å². The minimum absolute atomic E-state index is 0.0842. The fourth-order valence-electron chi connectivity index (χ4n) is 3.78. The molecule has 1 N–H and O–H groups in total. The summed E-state index contributed by atoms with van der Waals surface area (Å²) in [6.45, 7) is 2.73. The van der Waals surface area contributed by atoms with Crippen molar-refractivity contribution in [2.45, 2.75) is 32.6 Å². The Morgan fingerprint density at radius 1 is 1.15 bits per heavy atom. The number of nitrogens with zero attached hydrogens (tertiary/aromatic N) is 1. The lowest BCUT2D eigenvalue weighted by molar-refractivity contribution is -0.118. The van der Waals surface area contributed by atoms with E-state index >= 15 is 0 Å². The van der Waals surface area contributed by atoms with Crippen molar-refractivity contribution in [3.05, 3.63) is 75.6 Å². The number of aryl methyl sites for hydroxylation is 3. The van der Waals surface area contributed by atoms with Crippen LogP contribution in [0.5, 0.6) is 0 Å². The van der Waals surface area contributed by atoms with Gasteiger partial charge in [0, 0.05) is 24.2 Å². The van der Waals surface area contributed by atoms with Gasteiger partial charge in [0.2, 0.25) is 5.91 Å². The smallest absolute Gasteiger partial charge is 0.251 e. The summed E-state index contributed by atoms with van der Waals surface area (Å²) in [4.78, 5) is 30.0. The number of aromatic nitrogens is 1. The molecule has 132 valence electrons. The van der Waals surface area contributed by atoms with Gasteiger partial charge in [-0.3, -0.25) is 9.59 Å². The van der Waals surface area contributed by atoms with Crippen LogP contribution in [-0.2, 0) is 17.6 Å². The molecule has 0 radical (unpaired) electrons. The number of benzene rings is 2. The maximum absolute atomic E-state index is 12.8. The number of para-hydroxylation sites is 2. The maximum Gasteiger partial charge on any atom is 0.251 e. The summed E-state index contributed by atoms with van der Waals surface area (Å²) in [5.74, 6) is 0.0842. The van der Waals surface area contributed by atoms with Gasteiger partial charge in [-0.1, -0.05) is 36.4 Å². The molecule has 0 spiro atoms. The van der Waals surface area contributed by atoms with Crippen molar-refractivity contribution in [3.8, 4) is 0 Å². The van der Waals surface area contributed by atoms with Gasteiger partial charge < -0.3 is 9.88 Å². The Kier molecular flexibility index (Phi) is 4.33. The average molecular weight is 346 g/mol. The summed E-state index contributed by atoms with van der Waals surface area (Å²) >= 11 is 0. The minimum Gasteiger partial charge on any atom is -0.321 e. The van der Waals surface area contributed by atoms with E-state index in [1.54, 1.807) is 0 Å². The highest BCUT2D eigenvalue weighted by molar-refractivity contribution is 5.94. The van der Waals surface area contributed by atoms with Gasteiger partial charge >= 0.3 is 0 Å². The van der Waals surface area contributed by atoms with E-state index in [0.717, 1.165) is 41.5 Å². The molecule has 4 rings (SSSR count). The summed E-state index contributed by atoms with van der Waals surface area (Å²) in [5.41, 5.74) is 4.74. The molecule has 2 heterocycles. The van der Waals surface area contributed by atoms with Crippen molar-refractivity contribution >= 4 is 22.5 Å². The molecule has 0 aliphatic carbocycles. The molecule has 0 atom stereocenters. The Balaban J connectivity index is 1.55. The second-order valence-electron chi connectivity index (χ2n) is 6.94. The fourth-order valence-corrected chi connectivity index (χ4v) is 3.78. The third-order valence-electron chi connectivity index (χ3n) is 5.18. The summed E-state index contributed by atoms with van der Waals surface area (Å²) in [5, 5.41) is 1.01. The van der Waals surface area contributed by atoms with Crippen LogP contribution in [0.2, 0.25) is 0 Å². The van der Waals surface area contributed by atoms with Gasteiger partial charge in [-0.15, -0.1) is 0 Å². The molecule has 0 saturated carbocycles. The number of carbonyl (C=O) groups excluding carboxylic acids is 1. The Labute approximate surface area is 152 Å². The first kappa shape index (κ1) is 16.6. The van der Waals surface area contributed by atoms with E-state index in [4.69, 9.17) is 0 Å². The Hall–Kier alpha value is -2.88. The van der Waals surface area contributed by atoms with Crippen LogP contribution in [-0.4, -0.2) is 17.4 Å². The van der Waals surface area contributed by atoms with E-state index < -0.39 is 0 Å². The monoisotopic (exact) mass is 346 g/mol. The summed E-state index contributed by atoms with van der Waals surface area (Å²) in [6, 6.07) is 16.0. The number of rotatable bonds is 3. The molecule has 0 unspecified atom stereocenters. The number of anilines is 1. The zero-order valence-electron chi connectivity index (χ0n) is 14.9. The second kappa shape index (κ2) is 6.79. The third kappa shape index (κ3) is 3.03. The van der Waals surface area contributed by atoms with E-state index in [0.29, 0.717) is 18.4 Å². The molecular formula is C22H22N2O2. The lowest BCUT2D eigenvalue weighted by atomic mass is 10.0. The number of hydrogen-bond donors (Lipinski definition) is 1. The van der Waals surface area contributed by atoms with Crippen LogP contribution in [0, 0.1) is 6.92 Å². The lowest BCUT2D eigenvalue weighted by Crippen LogP contribution is -2.35. The molecule has 1 aliphatic rings. The average Bonchev–Trinajstić information content (AvgIpc) is 2.66. The van der Waals surface area contributed by atoms with Crippen LogP contribution >= 0.6 is 0 Å². The molecule has 4 nitrogen and oxygen atoms in total. The fraction of sp³-hybridized carbons (Fsp3) is 0.273. The Morgan fingerprint density at radius 2 is 2.00 bits per heavy atom. The van der Waals surface area contributed by atoms with Crippen LogP contribution in [0.15, 0.2) is 53.3 Å². The molecular weight excluding hydrogens is 324 g/mol.